The third-order valence-corrected chi connectivity index (χ3v) is 7.02. The highest BCUT2D eigenvalue weighted by Gasteiger charge is 2.43. The van der Waals surface area contributed by atoms with Crippen LogP contribution in [-0.2, 0) is 11.2 Å². The summed E-state index contributed by atoms with van der Waals surface area (Å²) in [5.41, 5.74) is 7.84. The molecule has 5 N–H and O–H groups in total. The third kappa shape index (κ3) is 5.33. The van der Waals surface area contributed by atoms with E-state index in [4.69, 9.17) is 27.4 Å². The number of nitrogens with zero attached hydrogens (tertiary/aromatic N) is 1. The van der Waals surface area contributed by atoms with Crippen LogP contribution in [0.1, 0.15) is 62.1 Å². The number of carboxylic acid groups (broad SMARTS) is 1. The Labute approximate surface area is 178 Å². The number of benzene rings is 1. The Kier molecular flexibility index (Phi) is 7.62. The lowest BCUT2D eigenvalue weighted by Crippen LogP contribution is -2.57. The van der Waals surface area contributed by atoms with Gasteiger partial charge in [0.15, 0.2) is 0 Å². The van der Waals surface area contributed by atoms with Crippen molar-refractivity contribution in [3.8, 4) is 0 Å². The maximum atomic E-state index is 12.0. The van der Waals surface area contributed by atoms with E-state index in [0.717, 1.165) is 50.2 Å². The molecule has 0 radical (unpaired) electrons. The molecule has 6 nitrogen and oxygen atoms in total. The Morgan fingerprint density at radius 1 is 1.24 bits per heavy atom. The number of fused-ring (bicyclic) bond motifs is 1. The molecular weight excluding hydrogens is 391 g/mol. The summed E-state index contributed by atoms with van der Waals surface area (Å²) in [6.07, 6.45) is 6.62. The van der Waals surface area contributed by atoms with Gasteiger partial charge in [0, 0.05) is 11.1 Å². The van der Waals surface area contributed by atoms with Crippen LogP contribution in [0.3, 0.4) is 0 Å². The normalized spacial score (nSPS) is 22.7. The van der Waals surface area contributed by atoms with Crippen LogP contribution in [0, 0.1) is 5.92 Å². The van der Waals surface area contributed by atoms with E-state index in [1.54, 1.807) is 0 Å². The van der Waals surface area contributed by atoms with E-state index in [9.17, 15) is 9.90 Å². The quantitative estimate of drug-likeness (QED) is 0.379. The fourth-order valence-corrected chi connectivity index (χ4v) is 5.29. The van der Waals surface area contributed by atoms with Crippen LogP contribution in [0.15, 0.2) is 18.2 Å². The lowest BCUT2D eigenvalue weighted by molar-refractivity contribution is -0.147. The Balaban J connectivity index is 1.61. The second-order valence-electron chi connectivity index (χ2n) is 8.63. The van der Waals surface area contributed by atoms with Crippen LogP contribution >= 0.6 is 11.6 Å². The first kappa shape index (κ1) is 22.6. The second kappa shape index (κ2) is 9.79. The Morgan fingerprint density at radius 3 is 2.62 bits per heavy atom. The van der Waals surface area contributed by atoms with Gasteiger partial charge in [-0.3, -0.25) is 9.69 Å². The summed E-state index contributed by atoms with van der Waals surface area (Å²) in [5, 5.41) is 28.5. The molecule has 1 aliphatic carbocycles. The van der Waals surface area contributed by atoms with Crippen molar-refractivity contribution in [2.75, 3.05) is 13.1 Å². The number of halogens is 1. The zero-order valence-corrected chi connectivity index (χ0v) is 17.7. The molecule has 0 amide bonds. The smallest absolute Gasteiger partial charge is 0.451 e. The van der Waals surface area contributed by atoms with E-state index in [2.05, 4.69) is 17.0 Å². The zero-order chi connectivity index (χ0) is 21.0. The van der Waals surface area contributed by atoms with Gasteiger partial charge in [-0.25, -0.2) is 0 Å². The Hall–Kier alpha value is -1.12. The minimum Gasteiger partial charge on any atom is -0.480 e. The molecule has 0 saturated carbocycles. The lowest BCUT2D eigenvalue weighted by Gasteiger charge is -2.44. The number of unbranched alkanes of at least 4 members (excludes halogenated alkanes) is 1. The molecule has 1 aromatic rings. The van der Waals surface area contributed by atoms with Gasteiger partial charge in [0.2, 0.25) is 0 Å². The minimum absolute atomic E-state index is 0.0661. The highest BCUT2D eigenvalue weighted by atomic mass is 35.5. The van der Waals surface area contributed by atoms with Crippen LogP contribution in [0.2, 0.25) is 11.3 Å². The van der Waals surface area contributed by atoms with Crippen molar-refractivity contribution in [1.29, 1.82) is 0 Å². The van der Waals surface area contributed by atoms with E-state index in [0.29, 0.717) is 25.3 Å². The number of carboxylic acids is 1. The maximum absolute atomic E-state index is 12.0. The van der Waals surface area contributed by atoms with E-state index >= 15 is 0 Å². The van der Waals surface area contributed by atoms with Gasteiger partial charge in [0.25, 0.3) is 0 Å². The van der Waals surface area contributed by atoms with E-state index < -0.39 is 18.6 Å². The highest BCUT2D eigenvalue weighted by molar-refractivity contribution is 6.40. The number of hydrogen-bond acceptors (Lipinski definition) is 5. The summed E-state index contributed by atoms with van der Waals surface area (Å²) in [6, 6.07) is 6.56. The number of rotatable bonds is 8. The molecule has 1 heterocycles. The average molecular weight is 423 g/mol. The third-order valence-electron chi connectivity index (χ3n) is 6.79. The monoisotopic (exact) mass is 422 g/mol. The van der Waals surface area contributed by atoms with Crippen LogP contribution < -0.4 is 5.73 Å². The van der Waals surface area contributed by atoms with Crippen molar-refractivity contribution in [3.05, 3.63) is 34.3 Å². The van der Waals surface area contributed by atoms with Gasteiger partial charge in [0.05, 0.1) is 0 Å². The number of nitrogens with two attached hydrogens (primary N) is 1. The van der Waals surface area contributed by atoms with E-state index in [-0.39, 0.29) is 12.2 Å². The first-order valence-electron chi connectivity index (χ1n) is 10.7. The molecule has 2 atom stereocenters. The number of likely N-dealkylation sites (tertiary alicyclic amines) is 1. The van der Waals surface area contributed by atoms with Gasteiger partial charge < -0.3 is 20.9 Å². The predicted molar refractivity (Wildman–Crippen MR) is 115 cm³/mol. The van der Waals surface area contributed by atoms with Gasteiger partial charge >= 0.3 is 13.1 Å². The van der Waals surface area contributed by atoms with E-state index in [1.807, 2.05) is 6.07 Å². The van der Waals surface area contributed by atoms with E-state index in [1.165, 1.54) is 11.1 Å². The molecule has 2 unspecified atom stereocenters. The number of piperidine rings is 1. The minimum atomic E-state index is -1.34. The van der Waals surface area contributed by atoms with Crippen molar-refractivity contribution in [2.24, 2.45) is 11.7 Å². The fraction of sp³-hybridized carbons (Fsp3) is 0.667. The molecule has 29 heavy (non-hydrogen) atoms. The molecular formula is C21H32BClN2O4. The molecule has 1 saturated heterocycles. The average Bonchev–Trinajstić information content (AvgIpc) is 2.70. The summed E-state index contributed by atoms with van der Waals surface area (Å²) in [4.78, 5) is 14.5. The molecule has 3 rings (SSSR count). The topological polar surface area (TPSA) is 107 Å². The van der Waals surface area contributed by atoms with Crippen molar-refractivity contribution in [3.63, 3.8) is 0 Å². The highest BCUT2D eigenvalue weighted by Crippen LogP contribution is 2.39. The summed E-state index contributed by atoms with van der Waals surface area (Å²) < 4.78 is 0. The van der Waals surface area contributed by atoms with Crippen molar-refractivity contribution < 1.29 is 19.9 Å². The van der Waals surface area contributed by atoms with Gasteiger partial charge in [-0.1, -0.05) is 30.5 Å². The van der Waals surface area contributed by atoms with Crippen LogP contribution in [-0.4, -0.2) is 51.8 Å². The molecule has 1 fully saturated rings. The number of carbonyl (C=O) groups is 1. The molecule has 0 bridgehead atoms. The second-order valence-corrected chi connectivity index (χ2v) is 9.07. The SMILES string of the molecule is NC(CCCCB(O)O)(C(=O)O)C1CCN(C2CCCc3cc(Cl)ccc32)CC1. The molecule has 2 aliphatic rings. The molecule has 8 heteroatoms. The van der Waals surface area contributed by atoms with Crippen molar-refractivity contribution in [2.45, 2.75) is 69.3 Å². The molecule has 160 valence electrons. The van der Waals surface area contributed by atoms with Gasteiger partial charge in [-0.05, 0) is 87.1 Å². The Bertz CT molecular complexity index is 712. The van der Waals surface area contributed by atoms with Crippen LogP contribution in [0.25, 0.3) is 0 Å². The summed E-state index contributed by atoms with van der Waals surface area (Å²) >= 11 is 6.17. The molecule has 1 aromatic carbocycles. The van der Waals surface area contributed by atoms with Crippen molar-refractivity contribution in [1.82, 2.24) is 4.90 Å². The molecule has 0 aromatic heterocycles. The van der Waals surface area contributed by atoms with Gasteiger partial charge in [-0.15, -0.1) is 0 Å². The number of aryl methyl sites for hydroxylation is 1. The number of aliphatic carboxylic acids is 1. The standard InChI is InChI=1S/C21H32BClN2O4/c23-17-6-7-18-15(14-17)4-3-5-19(18)25-12-8-16(9-13-25)21(24,20(26)27)10-1-2-11-22(28)29/h6-7,14,16,19,28-29H,1-5,8-13,24H2,(H,26,27). The molecule has 0 spiro atoms. The lowest BCUT2D eigenvalue weighted by atomic mass is 9.73. The Morgan fingerprint density at radius 2 is 1.97 bits per heavy atom. The van der Waals surface area contributed by atoms with Crippen LogP contribution in [0.4, 0.5) is 0 Å². The number of hydrogen-bond donors (Lipinski definition) is 4. The molecule has 1 aliphatic heterocycles. The first-order valence-corrected chi connectivity index (χ1v) is 11.1. The fourth-order valence-electron chi connectivity index (χ4n) is 5.09. The summed E-state index contributed by atoms with van der Waals surface area (Å²) in [5.74, 6) is -1.01. The predicted octanol–water partition coefficient (Wildman–Crippen LogP) is 2.85. The van der Waals surface area contributed by atoms with Gasteiger partial charge in [-0.2, -0.15) is 0 Å². The zero-order valence-electron chi connectivity index (χ0n) is 16.9. The van der Waals surface area contributed by atoms with Crippen molar-refractivity contribution >= 4 is 24.7 Å². The first-order chi connectivity index (χ1) is 13.8. The summed E-state index contributed by atoms with van der Waals surface area (Å²) in [6.45, 7) is 1.69. The maximum Gasteiger partial charge on any atom is 0.451 e. The largest absolute Gasteiger partial charge is 0.480 e. The van der Waals surface area contributed by atoms with Gasteiger partial charge in [0.1, 0.15) is 5.54 Å². The summed E-state index contributed by atoms with van der Waals surface area (Å²) in [7, 11) is -1.34. The van der Waals surface area contributed by atoms with Crippen LogP contribution in [0.5, 0.6) is 0 Å².